The van der Waals surface area contributed by atoms with E-state index in [0.717, 1.165) is 0 Å². The summed E-state index contributed by atoms with van der Waals surface area (Å²) >= 11 is 0. The predicted molar refractivity (Wildman–Crippen MR) is 48.3 cm³/mol. The van der Waals surface area contributed by atoms with Crippen LogP contribution in [0.1, 0.15) is 5.69 Å². The number of nitrogens with zero attached hydrogens (tertiary/aromatic N) is 1. The van der Waals surface area contributed by atoms with E-state index in [9.17, 15) is 0 Å². The van der Waals surface area contributed by atoms with Crippen LogP contribution >= 0.6 is 0 Å². The molecule has 5 N–H and O–H groups in total. The Labute approximate surface area is 70.4 Å². The number of nitrogens with two attached hydrogens (primary N) is 2. The van der Waals surface area contributed by atoms with Gasteiger partial charge in [0.05, 0.1) is 11.3 Å². The van der Waals surface area contributed by atoms with Crippen LogP contribution in [0.2, 0.25) is 0 Å². The first-order valence-corrected chi connectivity index (χ1v) is 3.43. The molecule has 4 nitrogen and oxygen atoms in total. The molecule has 62 valence electrons. The van der Waals surface area contributed by atoms with Gasteiger partial charge in [0.25, 0.3) is 0 Å². The van der Waals surface area contributed by atoms with E-state index in [0.29, 0.717) is 11.3 Å². The average molecular weight is 162 g/mol. The summed E-state index contributed by atoms with van der Waals surface area (Å²) in [5.41, 5.74) is 11.6. The van der Waals surface area contributed by atoms with E-state index in [2.05, 4.69) is 4.98 Å². The van der Waals surface area contributed by atoms with Crippen LogP contribution in [0.5, 0.6) is 0 Å². The highest BCUT2D eigenvalue weighted by Crippen LogP contribution is 2.07. The summed E-state index contributed by atoms with van der Waals surface area (Å²) in [6.45, 7) is 0. The van der Waals surface area contributed by atoms with Crippen LogP contribution in [0.4, 0.5) is 0 Å². The fourth-order valence-electron chi connectivity index (χ4n) is 0.835. The number of hydrogen-bond donors (Lipinski definition) is 3. The quantitative estimate of drug-likeness (QED) is 0.432. The molecule has 0 aliphatic heterocycles. The van der Waals surface area contributed by atoms with Crippen molar-refractivity contribution >= 4 is 11.4 Å². The van der Waals surface area contributed by atoms with Gasteiger partial charge in [-0.15, -0.1) is 0 Å². The Bertz CT molecular complexity index is 302. The summed E-state index contributed by atoms with van der Waals surface area (Å²) in [5, 5.41) is 7.18. The third-order valence-electron chi connectivity index (χ3n) is 1.40. The van der Waals surface area contributed by atoms with E-state index < -0.39 is 0 Å². The van der Waals surface area contributed by atoms with Crippen molar-refractivity contribution < 1.29 is 0 Å². The molecule has 1 heterocycles. The number of hydrogen-bond acceptors (Lipinski definition) is 3. The highest BCUT2D eigenvalue weighted by molar-refractivity contribution is 6.19. The largest absolute Gasteiger partial charge is 0.404 e. The predicted octanol–water partition coefficient (Wildman–Crippen LogP) is 0.317. The van der Waals surface area contributed by atoms with Crippen molar-refractivity contribution in [2.24, 2.45) is 11.5 Å². The second kappa shape index (κ2) is 3.52. The van der Waals surface area contributed by atoms with Crippen molar-refractivity contribution in [2.45, 2.75) is 0 Å². The zero-order chi connectivity index (χ0) is 8.97. The average Bonchev–Trinajstić information content (AvgIpc) is 2.07. The van der Waals surface area contributed by atoms with E-state index in [1.54, 1.807) is 18.3 Å². The molecule has 0 aliphatic rings. The minimum Gasteiger partial charge on any atom is -0.404 e. The van der Waals surface area contributed by atoms with Crippen molar-refractivity contribution in [1.82, 2.24) is 4.98 Å². The van der Waals surface area contributed by atoms with Crippen LogP contribution in [0.25, 0.3) is 5.57 Å². The topological polar surface area (TPSA) is 88.8 Å². The lowest BCUT2D eigenvalue weighted by Gasteiger charge is -2.01. The lowest BCUT2D eigenvalue weighted by molar-refractivity contribution is 1.27. The molecule has 1 rings (SSSR count). The van der Waals surface area contributed by atoms with Gasteiger partial charge in [0.1, 0.15) is 5.84 Å². The Balaban J connectivity index is 3.05. The van der Waals surface area contributed by atoms with Gasteiger partial charge in [0.2, 0.25) is 0 Å². The van der Waals surface area contributed by atoms with Crippen LogP contribution in [-0.2, 0) is 0 Å². The van der Waals surface area contributed by atoms with Crippen molar-refractivity contribution in [3.05, 3.63) is 36.3 Å². The minimum atomic E-state index is -0.0730. The van der Waals surface area contributed by atoms with Gasteiger partial charge in [0, 0.05) is 12.4 Å². The highest BCUT2D eigenvalue weighted by Gasteiger charge is 2.03. The first-order chi connectivity index (χ1) is 5.75. The molecular formula is C8H10N4. The normalized spacial score (nSPS) is 11.2. The van der Waals surface area contributed by atoms with Crippen LogP contribution < -0.4 is 11.5 Å². The lowest BCUT2D eigenvalue weighted by atomic mass is 10.2. The number of nitrogens with one attached hydrogen (secondary N) is 1. The molecule has 0 radical (unpaired) electrons. The SMILES string of the molecule is N=C(N)/C(=C/N)c1ccccn1. The molecule has 0 aliphatic carbocycles. The molecule has 0 bridgehead atoms. The summed E-state index contributed by atoms with van der Waals surface area (Å²) in [6, 6.07) is 5.35. The molecule has 0 saturated carbocycles. The van der Waals surface area contributed by atoms with Crippen LogP contribution in [0.3, 0.4) is 0 Å². The molecule has 1 aromatic heterocycles. The summed E-state index contributed by atoms with van der Waals surface area (Å²) < 4.78 is 0. The molecule has 0 amide bonds. The van der Waals surface area contributed by atoms with Gasteiger partial charge in [-0.2, -0.15) is 0 Å². The van der Waals surface area contributed by atoms with Gasteiger partial charge in [-0.05, 0) is 12.1 Å². The smallest absolute Gasteiger partial charge is 0.126 e. The zero-order valence-corrected chi connectivity index (χ0v) is 6.49. The zero-order valence-electron chi connectivity index (χ0n) is 6.49. The molecule has 0 fully saturated rings. The van der Waals surface area contributed by atoms with Crippen molar-refractivity contribution in [3.63, 3.8) is 0 Å². The van der Waals surface area contributed by atoms with Crippen molar-refractivity contribution in [3.8, 4) is 0 Å². The van der Waals surface area contributed by atoms with Crippen LogP contribution in [0, 0.1) is 5.41 Å². The summed E-state index contributed by atoms with van der Waals surface area (Å²) in [7, 11) is 0. The lowest BCUT2D eigenvalue weighted by Crippen LogP contribution is -2.14. The van der Waals surface area contributed by atoms with Gasteiger partial charge in [-0.25, -0.2) is 0 Å². The van der Waals surface area contributed by atoms with E-state index >= 15 is 0 Å². The fraction of sp³-hybridized carbons (Fsp3) is 0. The maximum absolute atomic E-state index is 7.18. The van der Waals surface area contributed by atoms with Gasteiger partial charge in [-0.1, -0.05) is 6.07 Å². The van der Waals surface area contributed by atoms with E-state index in [1.165, 1.54) is 6.20 Å². The summed E-state index contributed by atoms with van der Waals surface area (Å²) in [4.78, 5) is 4.00. The van der Waals surface area contributed by atoms with Crippen LogP contribution in [0.15, 0.2) is 30.6 Å². The monoisotopic (exact) mass is 162 g/mol. The minimum absolute atomic E-state index is 0.0730. The molecular weight excluding hydrogens is 152 g/mol. The fourth-order valence-corrected chi connectivity index (χ4v) is 0.835. The summed E-state index contributed by atoms with van der Waals surface area (Å²) in [5.74, 6) is -0.0730. The first kappa shape index (κ1) is 8.26. The third kappa shape index (κ3) is 1.60. The number of pyridine rings is 1. The Kier molecular flexibility index (Phi) is 2.42. The second-order valence-electron chi connectivity index (χ2n) is 2.21. The maximum Gasteiger partial charge on any atom is 0.126 e. The molecule has 0 aromatic carbocycles. The number of aromatic nitrogens is 1. The number of rotatable bonds is 2. The third-order valence-corrected chi connectivity index (χ3v) is 1.40. The Morgan fingerprint density at radius 3 is 2.67 bits per heavy atom. The molecule has 0 atom stereocenters. The standard InChI is InChI=1S/C8H10N4/c9-5-6(8(10)11)7-3-1-2-4-12-7/h1-5H,9H2,(H3,10,11)/b6-5+. The molecule has 0 saturated heterocycles. The first-order valence-electron chi connectivity index (χ1n) is 3.43. The van der Waals surface area contributed by atoms with E-state index in [4.69, 9.17) is 16.9 Å². The van der Waals surface area contributed by atoms with Gasteiger partial charge in [0.15, 0.2) is 0 Å². The van der Waals surface area contributed by atoms with Gasteiger partial charge in [-0.3, -0.25) is 10.4 Å². The highest BCUT2D eigenvalue weighted by atomic mass is 14.8. The maximum atomic E-state index is 7.18. The molecule has 0 spiro atoms. The van der Waals surface area contributed by atoms with Gasteiger partial charge < -0.3 is 11.5 Å². The molecule has 12 heavy (non-hydrogen) atoms. The molecule has 4 heteroatoms. The van der Waals surface area contributed by atoms with E-state index in [-0.39, 0.29) is 5.84 Å². The Morgan fingerprint density at radius 2 is 2.25 bits per heavy atom. The second-order valence-corrected chi connectivity index (χ2v) is 2.21. The van der Waals surface area contributed by atoms with E-state index in [1.807, 2.05) is 6.07 Å². The molecule has 0 unspecified atom stereocenters. The van der Waals surface area contributed by atoms with Gasteiger partial charge >= 0.3 is 0 Å². The Morgan fingerprint density at radius 1 is 1.50 bits per heavy atom. The number of amidine groups is 1. The van der Waals surface area contributed by atoms with Crippen LogP contribution in [-0.4, -0.2) is 10.8 Å². The summed E-state index contributed by atoms with van der Waals surface area (Å²) in [6.07, 6.45) is 2.91. The van der Waals surface area contributed by atoms with Crippen molar-refractivity contribution in [2.75, 3.05) is 0 Å². The molecule has 1 aromatic rings. The van der Waals surface area contributed by atoms with Crippen molar-refractivity contribution in [1.29, 1.82) is 5.41 Å². The Hall–Kier alpha value is -1.84.